The van der Waals surface area contributed by atoms with Gasteiger partial charge in [-0.1, -0.05) is 18.1 Å². The molecule has 0 aliphatic carbocycles. The van der Waals surface area contributed by atoms with Crippen molar-refractivity contribution < 1.29 is 0 Å². The standard InChI is InChI=1S/C17H14N2O/c1-4-9-19-16(8-7-15(11-18)17(19)20)14-6-5-12(2)13(3)10-14/h1,5-8,10H,9H2,2-3H3. The number of aromatic nitrogens is 1. The van der Waals surface area contributed by atoms with Crippen molar-refractivity contribution in [3.8, 4) is 29.7 Å². The van der Waals surface area contributed by atoms with E-state index in [1.54, 1.807) is 12.1 Å². The van der Waals surface area contributed by atoms with Gasteiger partial charge in [-0.2, -0.15) is 5.26 Å². The van der Waals surface area contributed by atoms with Crippen molar-refractivity contribution in [1.29, 1.82) is 5.26 Å². The summed E-state index contributed by atoms with van der Waals surface area (Å²) in [6.07, 6.45) is 5.33. The molecule has 1 heterocycles. The molecule has 1 aromatic heterocycles. The molecule has 0 atom stereocenters. The molecule has 0 fully saturated rings. The normalized spacial score (nSPS) is 9.80. The van der Waals surface area contributed by atoms with Crippen LogP contribution in [0, 0.1) is 37.5 Å². The highest BCUT2D eigenvalue weighted by molar-refractivity contribution is 5.62. The van der Waals surface area contributed by atoms with Crippen LogP contribution in [0.4, 0.5) is 0 Å². The Morgan fingerprint density at radius 2 is 1.95 bits per heavy atom. The van der Waals surface area contributed by atoms with E-state index in [2.05, 4.69) is 5.92 Å². The molecule has 0 unspecified atom stereocenters. The zero-order chi connectivity index (χ0) is 14.7. The molecule has 0 N–H and O–H groups in total. The largest absolute Gasteiger partial charge is 0.296 e. The van der Waals surface area contributed by atoms with Crippen molar-refractivity contribution in [2.45, 2.75) is 20.4 Å². The van der Waals surface area contributed by atoms with Gasteiger partial charge in [0, 0.05) is 0 Å². The topological polar surface area (TPSA) is 45.8 Å². The van der Waals surface area contributed by atoms with Crippen LogP contribution in [0.1, 0.15) is 16.7 Å². The maximum atomic E-state index is 12.2. The third kappa shape index (κ3) is 2.35. The summed E-state index contributed by atoms with van der Waals surface area (Å²) < 4.78 is 1.46. The highest BCUT2D eigenvalue weighted by Gasteiger charge is 2.10. The molecule has 2 aromatic rings. The smallest absolute Gasteiger partial charge is 0.269 e. The van der Waals surface area contributed by atoms with Crippen LogP contribution in [-0.2, 0) is 6.54 Å². The van der Waals surface area contributed by atoms with E-state index in [9.17, 15) is 4.79 Å². The Kier molecular flexibility index (Phi) is 3.73. The van der Waals surface area contributed by atoms with E-state index in [0.717, 1.165) is 16.8 Å². The molecule has 3 nitrogen and oxygen atoms in total. The van der Waals surface area contributed by atoms with Gasteiger partial charge in [0.2, 0.25) is 0 Å². The Labute approximate surface area is 118 Å². The van der Waals surface area contributed by atoms with E-state index in [1.807, 2.05) is 38.1 Å². The molecule has 0 radical (unpaired) electrons. The number of nitriles is 1. The van der Waals surface area contributed by atoms with Crippen LogP contribution in [0.3, 0.4) is 0 Å². The quantitative estimate of drug-likeness (QED) is 0.781. The van der Waals surface area contributed by atoms with Crippen molar-refractivity contribution >= 4 is 0 Å². The average molecular weight is 262 g/mol. The predicted molar refractivity (Wildman–Crippen MR) is 79.2 cm³/mol. The van der Waals surface area contributed by atoms with Gasteiger partial charge in [-0.25, -0.2) is 0 Å². The van der Waals surface area contributed by atoms with Crippen LogP contribution in [0.5, 0.6) is 0 Å². The lowest BCUT2D eigenvalue weighted by Gasteiger charge is -2.12. The first-order valence-electron chi connectivity index (χ1n) is 6.23. The number of pyridine rings is 1. The molecule has 0 aliphatic heterocycles. The molecule has 3 heteroatoms. The van der Waals surface area contributed by atoms with E-state index >= 15 is 0 Å². The van der Waals surface area contributed by atoms with Gasteiger partial charge in [-0.05, 0) is 48.7 Å². The van der Waals surface area contributed by atoms with E-state index in [0.29, 0.717) is 0 Å². The number of aryl methyl sites for hydroxylation is 2. The van der Waals surface area contributed by atoms with E-state index < -0.39 is 0 Å². The summed E-state index contributed by atoms with van der Waals surface area (Å²) in [7, 11) is 0. The maximum Gasteiger partial charge on any atom is 0.269 e. The molecule has 0 amide bonds. The predicted octanol–water partition coefficient (Wildman–Crippen LogP) is 2.64. The van der Waals surface area contributed by atoms with E-state index in [4.69, 9.17) is 11.7 Å². The van der Waals surface area contributed by atoms with Crippen LogP contribution in [0.2, 0.25) is 0 Å². The summed E-state index contributed by atoms with van der Waals surface area (Å²) in [5.74, 6) is 2.47. The second kappa shape index (κ2) is 5.47. The highest BCUT2D eigenvalue weighted by Crippen LogP contribution is 2.21. The summed E-state index contributed by atoms with van der Waals surface area (Å²) >= 11 is 0. The number of terminal acetylenes is 1. The Hall–Kier alpha value is -2.78. The molecule has 0 saturated heterocycles. The van der Waals surface area contributed by atoms with Gasteiger partial charge in [0.1, 0.15) is 11.6 Å². The minimum absolute atomic E-state index is 0.104. The van der Waals surface area contributed by atoms with Crippen molar-refractivity contribution in [3.63, 3.8) is 0 Å². The fourth-order valence-corrected chi connectivity index (χ4v) is 2.06. The van der Waals surface area contributed by atoms with Gasteiger partial charge in [-0.15, -0.1) is 6.42 Å². The number of hydrogen-bond acceptors (Lipinski definition) is 2. The third-order valence-electron chi connectivity index (χ3n) is 3.35. The van der Waals surface area contributed by atoms with Crippen LogP contribution < -0.4 is 5.56 Å². The molecule has 0 spiro atoms. The zero-order valence-electron chi connectivity index (χ0n) is 11.5. The highest BCUT2D eigenvalue weighted by atomic mass is 16.1. The van der Waals surface area contributed by atoms with Crippen LogP contribution >= 0.6 is 0 Å². The monoisotopic (exact) mass is 262 g/mol. The van der Waals surface area contributed by atoms with Gasteiger partial charge < -0.3 is 0 Å². The van der Waals surface area contributed by atoms with Gasteiger partial charge in [-0.3, -0.25) is 9.36 Å². The van der Waals surface area contributed by atoms with Crippen molar-refractivity contribution in [3.05, 3.63) is 57.4 Å². The summed E-state index contributed by atoms with van der Waals surface area (Å²) in [5, 5.41) is 8.94. The van der Waals surface area contributed by atoms with Crippen LogP contribution in [0.15, 0.2) is 35.1 Å². The number of nitrogens with zero attached hydrogens (tertiary/aromatic N) is 2. The summed E-state index contributed by atoms with van der Waals surface area (Å²) in [5.41, 5.74) is 3.74. The lowest BCUT2D eigenvalue weighted by Crippen LogP contribution is -2.23. The van der Waals surface area contributed by atoms with Crippen molar-refractivity contribution in [2.75, 3.05) is 0 Å². The lowest BCUT2D eigenvalue weighted by atomic mass is 10.0. The van der Waals surface area contributed by atoms with E-state index in [-0.39, 0.29) is 17.7 Å². The zero-order valence-corrected chi connectivity index (χ0v) is 11.5. The SMILES string of the molecule is C#CCn1c(-c2ccc(C)c(C)c2)ccc(C#N)c1=O. The van der Waals surface area contributed by atoms with Gasteiger partial charge in [0.05, 0.1) is 12.2 Å². The maximum absolute atomic E-state index is 12.2. The first kappa shape index (κ1) is 13.6. The molecule has 0 saturated carbocycles. The van der Waals surface area contributed by atoms with Crippen LogP contribution in [-0.4, -0.2) is 4.57 Å². The second-order valence-corrected chi connectivity index (χ2v) is 4.64. The molecule has 0 aliphatic rings. The van der Waals surface area contributed by atoms with Gasteiger partial charge in [0.15, 0.2) is 0 Å². The first-order chi connectivity index (χ1) is 9.58. The second-order valence-electron chi connectivity index (χ2n) is 4.64. The summed E-state index contributed by atoms with van der Waals surface area (Å²) in [4.78, 5) is 12.2. The molecular weight excluding hydrogens is 248 g/mol. The summed E-state index contributed by atoms with van der Waals surface area (Å²) in [6, 6.07) is 11.2. The minimum atomic E-state index is -0.346. The Morgan fingerprint density at radius 1 is 1.20 bits per heavy atom. The number of benzene rings is 1. The van der Waals surface area contributed by atoms with Gasteiger partial charge in [0.25, 0.3) is 5.56 Å². The molecule has 20 heavy (non-hydrogen) atoms. The number of hydrogen-bond donors (Lipinski definition) is 0. The number of rotatable bonds is 2. The van der Waals surface area contributed by atoms with Gasteiger partial charge >= 0.3 is 0 Å². The molecule has 0 bridgehead atoms. The molecule has 1 aromatic carbocycles. The van der Waals surface area contributed by atoms with Crippen molar-refractivity contribution in [1.82, 2.24) is 4.57 Å². The molecular formula is C17H14N2O. The molecule has 2 rings (SSSR count). The average Bonchev–Trinajstić information content (AvgIpc) is 2.44. The third-order valence-corrected chi connectivity index (χ3v) is 3.35. The Bertz CT molecular complexity index is 801. The summed E-state index contributed by atoms with van der Waals surface area (Å²) in [6.45, 7) is 4.20. The minimum Gasteiger partial charge on any atom is -0.296 e. The Balaban J connectivity index is 2.71. The lowest BCUT2D eigenvalue weighted by molar-refractivity contribution is 0.802. The Morgan fingerprint density at radius 3 is 2.55 bits per heavy atom. The fourth-order valence-electron chi connectivity index (χ4n) is 2.06. The molecule has 98 valence electrons. The van der Waals surface area contributed by atoms with E-state index in [1.165, 1.54) is 10.1 Å². The van der Waals surface area contributed by atoms with Crippen LogP contribution in [0.25, 0.3) is 11.3 Å². The van der Waals surface area contributed by atoms with Crippen molar-refractivity contribution in [2.24, 2.45) is 0 Å². The fraction of sp³-hybridized carbons (Fsp3) is 0.176. The first-order valence-corrected chi connectivity index (χ1v) is 6.23.